The number of aromatic nitrogens is 2. The number of methoxy groups -OCH3 is 1. The Balaban J connectivity index is 1.50. The van der Waals surface area contributed by atoms with E-state index >= 15 is 0 Å². The third-order valence-corrected chi connectivity index (χ3v) is 5.76. The van der Waals surface area contributed by atoms with Gasteiger partial charge in [0.15, 0.2) is 5.82 Å². The van der Waals surface area contributed by atoms with Gasteiger partial charge >= 0.3 is 0 Å². The van der Waals surface area contributed by atoms with E-state index in [9.17, 15) is 0 Å². The molecule has 0 saturated carbocycles. The quantitative estimate of drug-likeness (QED) is 0.420. The highest BCUT2D eigenvalue weighted by molar-refractivity contribution is 5.95. The predicted molar refractivity (Wildman–Crippen MR) is 128 cm³/mol. The van der Waals surface area contributed by atoms with Crippen LogP contribution in [0.5, 0.6) is 17.4 Å². The van der Waals surface area contributed by atoms with Crippen molar-refractivity contribution in [2.75, 3.05) is 25.5 Å². The largest absolute Gasteiger partial charge is 0.497 e. The van der Waals surface area contributed by atoms with Gasteiger partial charge in [0.2, 0.25) is 5.88 Å². The van der Waals surface area contributed by atoms with E-state index in [4.69, 9.17) is 14.5 Å². The second kappa shape index (κ2) is 9.24. The number of hydrogen-bond acceptors (Lipinski definition) is 6. The Morgan fingerprint density at radius 1 is 1.00 bits per heavy atom. The summed E-state index contributed by atoms with van der Waals surface area (Å²) >= 11 is 0. The van der Waals surface area contributed by atoms with Crippen LogP contribution in [0.4, 0.5) is 5.69 Å². The van der Waals surface area contributed by atoms with Gasteiger partial charge < -0.3 is 20.1 Å². The van der Waals surface area contributed by atoms with Crippen LogP contribution in [0.1, 0.15) is 12.8 Å². The first kappa shape index (κ1) is 20.3. The summed E-state index contributed by atoms with van der Waals surface area (Å²) in [5, 5.41) is 9.25. The van der Waals surface area contributed by atoms with Gasteiger partial charge in [-0.05, 0) is 54.4 Å². The lowest BCUT2D eigenvalue weighted by molar-refractivity contribution is 0.412. The lowest BCUT2D eigenvalue weighted by Gasteiger charge is -2.16. The first-order valence-electron chi connectivity index (χ1n) is 10.9. The molecule has 2 N–H and O–H groups in total. The maximum atomic E-state index is 6.21. The lowest BCUT2D eigenvalue weighted by Crippen LogP contribution is -2.29. The van der Waals surface area contributed by atoms with Gasteiger partial charge in [-0.25, -0.2) is 4.98 Å². The monoisotopic (exact) mass is 426 g/mol. The number of hydrogen-bond donors (Lipinski definition) is 2. The Bertz CT molecular complexity index is 1200. The zero-order valence-electron chi connectivity index (χ0n) is 18.0. The first-order chi connectivity index (χ1) is 15.8. The van der Waals surface area contributed by atoms with Crippen molar-refractivity contribution in [2.24, 2.45) is 0 Å². The highest BCUT2D eigenvalue weighted by atomic mass is 16.5. The van der Waals surface area contributed by atoms with E-state index in [1.165, 1.54) is 6.42 Å². The number of benzene rings is 3. The first-order valence-corrected chi connectivity index (χ1v) is 10.9. The Labute approximate surface area is 187 Å². The molecule has 1 aliphatic rings. The molecule has 0 radical (unpaired) electrons. The molecule has 6 nitrogen and oxygen atoms in total. The summed E-state index contributed by atoms with van der Waals surface area (Å²) in [4.78, 5) is 9.51. The van der Waals surface area contributed by atoms with Crippen molar-refractivity contribution < 1.29 is 9.47 Å². The fraction of sp³-hybridized carbons (Fsp3) is 0.231. The van der Waals surface area contributed by atoms with Gasteiger partial charge in [0.05, 0.1) is 13.3 Å². The van der Waals surface area contributed by atoms with Crippen molar-refractivity contribution in [1.29, 1.82) is 0 Å². The zero-order chi connectivity index (χ0) is 21.8. The van der Waals surface area contributed by atoms with Crippen LogP contribution in [0.3, 0.4) is 0 Å². The topological polar surface area (TPSA) is 68.3 Å². The van der Waals surface area contributed by atoms with Crippen molar-refractivity contribution in [3.05, 3.63) is 72.9 Å². The molecule has 0 aliphatic carbocycles. The number of ether oxygens (including phenoxy) is 2. The van der Waals surface area contributed by atoms with E-state index in [1.807, 2.05) is 54.7 Å². The van der Waals surface area contributed by atoms with E-state index in [0.717, 1.165) is 47.3 Å². The number of anilines is 1. The van der Waals surface area contributed by atoms with Crippen LogP contribution in [-0.2, 0) is 0 Å². The normalized spacial score (nSPS) is 15.6. The van der Waals surface area contributed by atoms with Crippen LogP contribution in [0, 0.1) is 0 Å². The van der Waals surface area contributed by atoms with Crippen molar-refractivity contribution in [1.82, 2.24) is 15.3 Å². The van der Waals surface area contributed by atoms with Crippen LogP contribution in [-0.4, -0.2) is 36.2 Å². The lowest BCUT2D eigenvalue weighted by atomic mass is 10.0. The molecule has 1 aliphatic heterocycles. The number of fused-ring (bicyclic) bond motifs is 1. The molecule has 0 unspecified atom stereocenters. The minimum atomic E-state index is 0.446. The summed E-state index contributed by atoms with van der Waals surface area (Å²) in [7, 11) is 1.65. The molecule has 1 aromatic heterocycles. The second-order valence-corrected chi connectivity index (χ2v) is 7.89. The summed E-state index contributed by atoms with van der Waals surface area (Å²) in [6.45, 7) is 1.87. The zero-order valence-corrected chi connectivity index (χ0v) is 18.0. The Morgan fingerprint density at radius 2 is 1.81 bits per heavy atom. The summed E-state index contributed by atoms with van der Waals surface area (Å²) in [5.74, 6) is 2.61. The maximum absolute atomic E-state index is 6.21. The Morgan fingerprint density at radius 3 is 2.62 bits per heavy atom. The van der Waals surface area contributed by atoms with E-state index in [2.05, 4.69) is 33.8 Å². The summed E-state index contributed by atoms with van der Waals surface area (Å²) in [6, 6.07) is 22.4. The van der Waals surface area contributed by atoms with Crippen LogP contribution in [0.2, 0.25) is 0 Å². The Kier molecular flexibility index (Phi) is 5.85. The molecular weight excluding hydrogens is 400 g/mol. The molecule has 5 rings (SSSR count). The molecule has 32 heavy (non-hydrogen) atoms. The average Bonchev–Trinajstić information content (AvgIpc) is 3.37. The van der Waals surface area contributed by atoms with Gasteiger partial charge in [-0.3, -0.25) is 0 Å². The summed E-state index contributed by atoms with van der Waals surface area (Å²) < 4.78 is 11.5. The predicted octanol–water partition coefficient (Wildman–Crippen LogP) is 5.26. The average molecular weight is 427 g/mol. The molecule has 1 saturated heterocycles. The number of rotatable bonds is 7. The SMILES string of the molecule is COc1ccc(Oc2nc(-c3cccc4ccccc34)ncc2NC[C@@H]2CCCN2)cc1. The van der Waals surface area contributed by atoms with E-state index in [0.29, 0.717) is 23.5 Å². The highest BCUT2D eigenvalue weighted by Gasteiger charge is 2.17. The van der Waals surface area contributed by atoms with Gasteiger partial charge in [0.25, 0.3) is 0 Å². The van der Waals surface area contributed by atoms with Crippen molar-refractivity contribution in [3.8, 4) is 28.8 Å². The van der Waals surface area contributed by atoms with Crippen molar-refractivity contribution in [2.45, 2.75) is 18.9 Å². The summed E-state index contributed by atoms with van der Waals surface area (Å²) in [5.41, 5.74) is 1.75. The van der Waals surface area contributed by atoms with Gasteiger partial charge in [0.1, 0.15) is 17.2 Å². The van der Waals surface area contributed by atoms with E-state index in [1.54, 1.807) is 7.11 Å². The molecule has 4 aromatic rings. The molecular formula is C26H26N4O2. The van der Waals surface area contributed by atoms with Crippen LogP contribution in [0.15, 0.2) is 72.9 Å². The number of nitrogens with one attached hydrogen (secondary N) is 2. The standard InChI is InChI=1S/C26H26N4O2/c1-31-20-11-13-21(14-12-20)32-26-24(28-16-19-8-5-15-27-19)17-29-25(30-26)23-10-4-7-18-6-2-3-9-22(18)23/h2-4,6-7,9-14,17,19,27-28H,5,8,15-16H2,1H3/t19-/m0/s1. The van der Waals surface area contributed by atoms with Crippen LogP contribution < -0.4 is 20.1 Å². The fourth-order valence-electron chi connectivity index (χ4n) is 4.03. The molecule has 6 heteroatoms. The molecule has 1 atom stereocenters. The van der Waals surface area contributed by atoms with Crippen LogP contribution >= 0.6 is 0 Å². The van der Waals surface area contributed by atoms with Crippen molar-refractivity contribution >= 4 is 16.5 Å². The molecule has 1 fully saturated rings. The molecule has 0 amide bonds. The van der Waals surface area contributed by atoms with E-state index < -0.39 is 0 Å². The molecule has 162 valence electrons. The van der Waals surface area contributed by atoms with Crippen LogP contribution in [0.25, 0.3) is 22.2 Å². The molecule has 2 heterocycles. The van der Waals surface area contributed by atoms with Crippen molar-refractivity contribution in [3.63, 3.8) is 0 Å². The Hall–Kier alpha value is -3.64. The van der Waals surface area contributed by atoms with Gasteiger partial charge in [0, 0.05) is 18.2 Å². The highest BCUT2D eigenvalue weighted by Crippen LogP contribution is 2.32. The molecule has 0 bridgehead atoms. The van der Waals surface area contributed by atoms with Gasteiger partial charge in [-0.1, -0.05) is 42.5 Å². The van der Waals surface area contributed by atoms with Gasteiger partial charge in [-0.2, -0.15) is 4.98 Å². The maximum Gasteiger partial charge on any atom is 0.246 e. The third kappa shape index (κ3) is 4.36. The van der Waals surface area contributed by atoms with E-state index in [-0.39, 0.29) is 0 Å². The molecule has 0 spiro atoms. The smallest absolute Gasteiger partial charge is 0.246 e. The molecule has 3 aromatic carbocycles. The third-order valence-electron chi connectivity index (χ3n) is 5.76. The van der Waals surface area contributed by atoms with Gasteiger partial charge in [-0.15, -0.1) is 0 Å². The minimum absolute atomic E-state index is 0.446. The minimum Gasteiger partial charge on any atom is -0.497 e. The number of nitrogens with zero attached hydrogens (tertiary/aromatic N) is 2. The second-order valence-electron chi connectivity index (χ2n) is 7.89. The fourth-order valence-corrected chi connectivity index (χ4v) is 4.03. The summed E-state index contributed by atoms with van der Waals surface area (Å²) in [6.07, 6.45) is 4.19.